The highest BCUT2D eigenvalue weighted by Gasteiger charge is 2.33. The summed E-state index contributed by atoms with van der Waals surface area (Å²) in [6, 6.07) is 7.72. The highest BCUT2D eigenvalue weighted by molar-refractivity contribution is 6.30. The molecular weight excluding hydrogens is 298 g/mol. The van der Waals surface area contributed by atoms with Gasteiger partial charge in [0.15, 0.2) is 0 Å². The van der Waals surface area contributed by atoms with Gasteiger partial charge in [-0.05, 0) is 42.5 Å². The van der Waals surface area contributed by atoms with E-state index in [9.17, 15) is 5.11 Å². The van der Waals surface area contributed by atoms with Crippen LogP contribution in [0.4, 0.5) is 0 Å². The van der Waals surface area contributed by atoms with Crippen LogP contribution in [-0.4, -0.2) is 25.5 Å². The number of aromatic nitrogens is 3. The van der Waals surface area contributed by atoms with E-state index in [0.29, 0.717) is 6.54 Å². The second-order valence-corrected chi connectivity index (χ2v) is 6.34. The highest BCUT2D eigenvalue weighted by atomic mass is 35.5. The van der Waals surface area contributed by atoms with Crippen molar-refractivity contribution in [3.05, 3.63) is 53.1 Å². The lowest BCUT2D eigenvalue weighted by Gasteiger charge is -2.29. The molecule has 1 aromatic carbocycles. The van der Waals surface area contributed by atoms with Crippen molar-refractivity contribution < 1.29 is 5.11 Å². The topological polar surface area (TPSA) is 50.9 Å². The van der Waals surface area contributed by atoms with Crippen molar-refractivity contribution in [1.29, 1.82) is 0 Å². The van der Waals surface area contributed by atoms with E-state index in [2.05, 4.69) is 16.2 Å². The third-order valence-electron chi connectivity index (χ3n) is 4.24. The van der Waals surface area contributed by atoms with Crippen molar-refractivity contribution in [3.8, 4) is 0 Å². The van der Waals surface area contributed by atoms with Crippen LogP contribution in [0.2, 0.25) is 5.02 Å². The van der Waals surface area contributed by atoms with Crippen molar-refractivity contribution in [1.82, 2.24) is 14.8 Å². The van der Waals surface area contributed by atoms with Gasteiger partial charge in [-0.25, -0.2) is 9.67 Å². The Kier molecular flexibility index (Phi) is 4.60. The number of hydrogen-bond acceptors (Lipinski definition) is 3. The van der Waals surface area contributed by atoms with Gasteiger partial charge in [0.25, 0.3) is 0 Å². The SMILES string of the molecule is OC1(Cn2cncn2)CCCCC/C1=C/c1ccc(Cl)cc1. The molecule has 5 heteroatoms. The first-order valence-electron chi connectivity index (χ1n) is 7.67. The molecule has 0 spiro atoms. The fourth-order valence-corrected chi connectivity index (χ4v) is 3.16. The molecule has 1 aromatic heterocycles. The molecule has 1 saturated carbocycles. The van der Waals surface area contributed by atoms with Crippen LogP contribution in [0.25, 0.3) is 6.08 Å². The predicted molar refractivity (Wildman–Crippen MR) is 87.5 cm³/mol. The van der Waals surface area contributed by atoms with E-state index in [4.69, 9.17) is 11.6 Å². The van der Waals surface area contributed by atoms with Crippen LogP contribution in [0.3, 0.4) is 0 Å². The molecule has 4 nitrogen and oxygen atoms in total. The van der Waals surface area contributed by atoms with Gasteiger partial charge in [0.05, 0.1) is 6.54 Å². The number of nitrogens with zero attached hydrogens (tertiary/aromatic N) is 3. The van der Waals surface area contributed by atoms with Gasteiger partial charge < -0.3 is 5.11 Å². The van der Waals surface area contributed by atoms with Crippen LogP contribution in [-0.2, 0) is 6.54 Å². The quantitative estimate of drug-likeness (QED) is 0.878. The summed E-state index contributed by atoms with van der Waals surface area (Å²) in [5.74, 6) is 0. The second-order valence-electron chi connectivity index (χ2n) is 5.91. The van der Waals surface area contributed by atoms with Crippen molar-refractivity contribution in [2.24, 2.45) is 0 Å². The predicted octanol–water partition coefficient (Wildman–Crippen LogP) is 3.71. The Bertz CT molecular complexity index is 636. The molecule has 1 atom stereocenters. The summed E-state index contributed by atoms with van der Waals surface area (Å²) in [6.07, 6.45) is 10.2. The second kappa shape index (κ2) is 6.63. The van der Waals surface area contributed by atoms with Crippen LogP contribution in [0, 0.1) is 0 Å². The van der Waals surface area contributed by atoms with Crippen LogP contribution in [0.15, 0.2) is 42.5 Å². The molecular formula is C17H20ClN3O. The third kappa shape index (κ3) is 3.57. The van der Waals surface area contributed by atoms with E-state index in [1.54, 1.807) is 11.0 Å². The monoisotopic (exact) mass is 317 g/mol. The molecule has 0 aliphatic heterocycles. The normalized spacial score (nSPS) is 24.4. The number of rotatable bonds is 3. The Morgan fingerprint density at radius 2 is 2.05 bits per heavy atom. The van der Waals surface area contributed by atoms with Crippen LogP contribution >= 0.6 is 11.6 Å². The van der Waals surface area contributed by atoms with Gasteiger partial charge in [0.2, 0.25) is 0 Å². The minimum absolute atomic E-state index is 0.451. The Labute approximate surface area is 135 Å². The van der Waals surface area contributed by atoms with Crippen LogP contribution < -0.4 is 0 Å². The summed E-state index contributed by atoms with van der Waals surface area (Å²) < 4.78 is 1.71. The molecule has 0 bridgehead atoms. The van der Waals surface area contributed by atoms with Crippen molar-refractivity contribution in [2.45, 2.75) is 44.2 Å². The number of halogens is 1. The largest absolute Gasteiger partial charge is 0.384 e. The molecule has 1 fully saturated rings. The van der Waals surface area contributed by atoms with E-state index in [1.807, 2.05) is 24.3 Å². The molecule has 1 aliphatic rings. The fraction of sp³-hybridized carbons (Fsp3) is 0.412. The summed E-state index contributed by atoms with van der Waals surface area (Å²) in [6.45, 7) is 0.451. The van der Waals surface area contributed by atoms with E-state index >= 15 is 0 Å². The summed E-state index contributed by atoms with van der Waals surface area (Å²) in [7, 11) is 0. The lowest BCUT2D eigenvalue weighted by molar-refractivity contribution is 0.0471. The van der Waals surface area contributed by atoms with Crippen molar-refractivity contribution in [2.75, 3.05) is 0 Å². The average molecular weight is 318 g/mol. The van der Waals surface area contributed by atoms with Crippen LogP contribution in [0.5, 0.6) is 0 Å². The first-order chi connectivity index (χ1) is 10.7. The Hall–Kier alpha value is -1.65. The molecule has 116 valence electrons. The number of aliphatic hydroxyl groups is 1. The van der Waals surface area contributed by atoms with E-state index in [-0.39, 0.29) is 0 Å². The standard InChI is InChI=1S/C17H20ClN3O/c18-16-7-5-14(6-8-16)10-15-4-2-1-3-9-17(15,22)11-21-13-19-12-20-21/h5-8,10,12-13,22H,1-4,9,11H2/b15-10-. The first-order valence-corrected chi connectivity index (χ1v) is 8.05. The van der Waals surface area contributed by atoms with Gasteiger partial charge in [0, 0.05) is 5.02 Å². The molecule has 0 saturated heterocycles. The molecule has 2 aromatic rings. The molecule has 1 heterocycles. The zero-order valence-corrected chi connectivity index (χ0v) is 13.2. The smallest absolute Gasteiger partial charge is 0.137 e. The van der Waals surface area contributed by atoms with Crippen LogP contribution in [0.1, 0.15) is 37.7 Å². The van der Waals surface area contributed by atoms with Gasteiger partial charge in [-0.2, -0.15) is 5.10 Å². The highest BCUT2D eigenvalue weighted by Crippen LogP contribution is 2.34. The summed E-state index contributed by atoms with van der Waals surface area (Å²) in [4.78, 5) is 3.97. The van der Waals surface area contributed by atoms with E-state index < -0.39 is 5.60 Å². The van der Waals surface area contributed by atoms with E-state index in [1.165, 1.54) is 6.33 Å². The van der Waals surface area contributed by atoms with Gasteiger partial charge in [-0.3, -0.25) is 0 Å². The van der Waals surface area contributed by atoms with Gasteiger partial charge in [-0.1, -0.05) is 42.7 Å². The Morgan fingerprint density at radius 1 is 1.23 bits per heavy atom. The number of hydrogen-bond donors (Lipinski definition) is 1. The molecule has 0 radical (unpaired) electrons. The summed E-state index contributed by atoms with van der Waals surface area (Å²) in [5.41, 5.74) is 1.28. The molecule has 0 amide bonds. The minimum Gasteiger partial charge on any atom is -0.384 e. The van der Waals surface area contributed by atoms with Gasteiger partial charge in [-0.15, -0.1) is 0 Å². The summed E-state index contributed by atoms with van der Waals surface area (Å²) in [5, 5.41) is 16.1. The number of benzene rings is 1. The van der Waals surface area contributed by atoms with E-state index in [0.717, 1.165) is 48.3 Å². The average Bonchev–Trinajstić information content (AvgIpc) is 2.93. The fourth-order valence-electron chi connectivity index (χ4n) is 3.03. The Balaban J connectivity index is 1.91. The molecule has 1 N–H and O–H groups in total. The molecule has 22 heavy (non-hydrogen) atoms. The molecule has 3 rings (SSSR count). The van der Waals surface area contributed by atoms with Gasteiger partial charge in [0.1, 0.15) is 18.3 Å². The third-order valence-corrected chi connectivity index (χ3v) is 4.49. The minimum atomic E-state index is -0.857. The van der Waals surface area contributed by atoms with Gasteiger partial charge >= 0.3 is 0 Å². The maximum absolute atomic E-state index is 11.2. The lowest BCUT2D eigenvalue weighted by atomic mass is 9.87. The maximum atomic E-state index is 11.2. The first kappa shape index (κ1) is 15.3. The summed E-state index contributed by atoms with van der Waals surface area (Å²) >= 11 is 5.94. The lowest BCUT2D eigenvalue weighted by Crippen LogP contribution is -2.36. The maximum Gasteiger partial charge on any atom is 0.137 e. The zero-order valence-electron chi connectivity index (χ0n) is 12.5. The van der Waals surface area contributed by atoms with Crippen molar-refractivity contribution in [3.63, 3.8) is 0 Å². The zero-order chi connectivity index (χ0) is 15.4. The molecule has 1 unspecified atom stereocenters. The van der Waals surface area contributed by atoms with Crippen molar-refractivity contribution >= 4 is 17.7 Å². The molecule has 1 aliphatic carbocycles. The Morgan fingerprint density at radius 3 is 2.77 bits per heavy atom.